The van der Waals surface area contributed by atoms with E-state index in [4.69, 9.17) is 4.74 Å². The molecule has 0 atom stereocenters. The van der Waals surface area contributed by atoms with Crippen LogP contribution in [-0.4, -0.2) is 30.8 Å². The number of aliphatic carboxylic acids is 1. The van der Waals surface area contributed by atoms with Gasteiger partial charge < -0.3 is 15.2 Å². The molecule has 0 aliphatic rings. The van der Waals surface area contributed by atoms with E-state index in [1.54, 1.807) is 18.9 Å². The number of carbonyl (C=O) groups is 2. The number of benzene rings is 4. The van der Waals surface area contributed by atoms with E-state index >= 15 is 0 Å². The molecule has 0 unspecified atom stereocenters. The molecule has 0 aliphatic carbocycles. The lowest BCUT2D eigenvalue weighted by Gasteiger charge is -2.19. The summed E-state index contributed by atoms with van der Waals surface area (Å²) in [4.78, 5) is 25.7. The first-order valence-electron chi connectivity index (χ1n) is 11.3. The van der Waals surface area contributed by atoms with Crippen molar-refractivity contribution in [1.82, 2.24) is 0 Å². The van der Waals surface area contributed by atoms with Gasteiger partial charge in [0.2, 0.25) is 5.76 Å². The summed E-state index contributed by atoms with van der Waals surface area (Å²) >= 11 is 0. The summed E-state index contributed by atoms with van der Waals surface area (Å²) in [5, 5.41) is 14.4. The van der Waals surface area contributed by atoms with Crippen LogP contribution in [0.25, 0.3) is 28.0 Å². The standard InChI is InChI=1S/C29H26N2O4/c1-3-35-27(28(32)33)17-20-11-13-22(14-12-20)24-9-6-10-26(19-24)31(2)29(34)30-25-16-15-21-7-4-5-8-23(21)18-25/h4-19H,3H2,1-2H3,(H,30,34)(H,32,33)/b27-17+. The largest absolute Gasteiger partial charge is 0.487 e. The first-order chi connectivity index (χ1) is 16.9. The molecule has 0 spiro atoms. The molecule has 0 saturated carbocycles. The molecule has 0 heterocycles. The zero-order valence-electron chi connectivity index (χ0n) is 19.6. The maximum absolute atomic E-state index is 12.9. The third kappa shape index (κ3) is 5.68. The van der Waals surface area contributed by atoms with Crippen molar-refractivity contribution in [1.29, 1.82) is 0 Å². The van der Waals surface area contributed by atoms with E-state index in [1.165, 1.54) is 6.08 Å². The topological polar surface area (TPSA) is 78.9 Å². The Morgan fingerprint density at radius 2 is 1.63 bits per heavy atom. The highest BCUT2D eigenvalue weighted by Gasteiger charge is 2.13. The molecule has 0 fully saturated rings. The van der Waals surface area contributed by atoms with Gasteiger partial charge in [-0.2, -0.15) is 0 Å². The van der Waals surface area contributed by atoms with Crippen molar-refractivity contribution in [3.63, 3.8) is 0 Å². The zero-order chi connectivity index (χ0) is 24.8. The molecular formula is C29H26N2O4. The van der Waals surface area contributed by atoms with Gasteiger partial charge in [0.05, 0.1) is 6.61 Å². The van der Waals surface area contributed by atoms with E-state index in [9.17, 15) is 14.7 Å². The van der Waals surface area contributed by atoms with Crippen molar-refractivity contribution in [3.05, 3.63) is 102 Å². The molecule has 4 aromatic carbocycles. The van der Waals surface area contributed by atoms with Crippen molar-refractivity contribution in [3.8, 4) is 11.1 Å². The zero-order valence-corrected chi connectivity index (χ0v) is 19.6. The minimum absolute atomic E-state index is 0.0960. The highest BCUT2D eigenvalue weighted by atomic mass is 16.5. The van der Waals surface area contributed by atoms with Crippen LogP contribution < -0.4 is 10.2 Å². The molecule has 0 aliphatic heterocycles. The third-order valence-electron chi connectivity index (χ3n) is 5.59. The van der Waals surface area contributed by atoms with Gasteiger partial charge in [0.15, 0.2) is 0 Å². The van der Waals surface area contributed by atoms with Crippen molar-refractivity contribution in [2.75, 3.05) is 23.9 Å². The van der Waals surface area contributed by atoms with Crippen LogP contribution in [0.2, 0.25) is 0 Å². The normalized spacial score (nSPS) is 11.2. The summed E-state index contributed by atoms with van der Waals surface area (Å²) in [6.45, 7) is 2.02. The molecule has 6 heteroatoms. The quantitative estimate of drug-likeness (QED) is 0.236. The van der Waals surface area contributed by atoms with Gasteiger partial charge in [0.1, 0.15) is 0 Å². The Labute approximate surface area is 204 Å². The average Bonchev–Trinajstić information content (AvgIpc) is 2.88. The van der Waals surface area contributed by atoms with Crippen LogP contribution >= 0.6 is 0 Å². The van der Waals surface area contributed by atoms with E-state index in [0.29, 0.717) is 0 Å². The van der Waals surface area contributed by atoms with Gasteiger partial charge in [0.25, 0.3) is 0 Å². The lowest BCUT2D eigenvalue weighted by Crippen LogP contribution is -2.31. The Hall–Kier alpha value is -4.58. The summed E-state index contributed by atoms with van der Waals surface area (Å²) in [6, 6.07) is 28.8. The Morgan fingerprint density at radius 1 is 0.886 bits per heavy atom. The van der Waals surface area contributed by atoms with Crippen molar-refractivity contribution in [2.24, 2.45) is 0 Å². The number of urea groups is 1. The number of anilines is 2. The second-order valence-corrected chi connectivity index (χ2v) is 7.97. The molecule has 2 amide bonds. The predicted molar refractivity (Wildman–Crippen MR) is 140 cm³/mol. The average molecular weight is 467 g/mol. The first-order valence-corrected chi connectivity index (χ1v) is 11.3. The first kappa shape index (κ1) is 23.6. The Balaban J connectivity index is 1.50. The lowest BCUT2D eigenvalue weighted by atomic mass is 10.0. The highest BCUT2D eigenvalue weighted by molar-refractivity contribution is 6.03. The lowest BCUT2D eigenvalue weighted by molar-refractivity contribution is -0.136. The fraction of sp³-hybridized carbons (Fsp3) is 0.103. The minimum Gasteiger partial charge on any atom is -0.487 e. The van der Waals surface area contributed by atoms with E-state index in [0.717, 1.165) is 38.8 Å². The second kappa shape index (κ2) is 10.6. The van der Waals surface area contributed by atoms with Crippen LogP contribution in [0.3, 0.4) is 0 Å². The van der Waals surface area contributed by atoms with E-state index in [-0.39, 0.29) is 18.4 Å². The number of nitrogens with zero attached hydrogens (tertiary/aromatic N) is 1. The Kier molecular flexibility index (Phi) is 7.12. The summed E-state index contributed by atoms with van der Waals surface area (Å²) < 4.78 is 5.17. The summed E-state index contributed by atoms with van der Waals surface area (Å²) in [6.07, 6.45) is 1.50. The Bertz CT molecular complexity index is 1390. The monoisotopic (exact) mass is 466 g/mol. The van der Waals surface area contributed by atoms with Gasteiger partial charge >= 0.3 is 12.0 Å². The molecule has 0 saturated heterocycles. The number of ether oxygens (including phenoxy) is 1. The number of amides is 2. The van der Waals surface area contributed by atoms with Crippen molar-refractivity contribution >= 4 is 40.2 Å². The molecule has 0 radical (unpaired) electrons. The molecule has 0 bridgehead atoms. The fourth-order valence-corrected chi connectivity index (χ4v) is 3.73. The Morgan fingerprint density at radius 3 is 2.34 bits per heavy atom. The number of carboxylic acids is 1. The number of hydrogen-bond donors (Lipinski definition) is 2. The fourth-order valence-electron chi connectivity index (χ4n) is 3.73. The summed E-state index contributed by atoms with van der Waals surface area (Å²) in [7, 11) is 1.73. The van der Waals surface area contributed by atoms with Gasteiger partial charge in [-0.3, -0.25) is 4.90 Å². The van der Waals surface area contributed by atoms with E-state index in [1.807, 2.05) is 91.0 Å². The van der Waals surface area contributed by atoms with Crippen LogP contribution in [0.4, 0.5) is 16.2 Å². The SMILES string of the molecule is CCO/C(=C/c1ccc(-c2cccc(N(C)C(=O)Nc3ccc4ccccc4c3)c2)cc1)C(=O)O. The van der Waals surface area contributed by atoms with Gasteiger partial charge in [-0.25, -0.2) is 9.59 Å². The van der Waals surface area contributed by atoms with Gasteiger partial charge in [-0.05, 0) is 64.7 Å². The second-order valence-electron chi connectivity index (χ2n) is 7.97. The van der Waals surface area contributed by atoms with E-state index in [2.05, 4.69) is 5.32 Å². The van der Waals surface area contributed by atoms with Gasteiger partial charge in [-0.15, -0.1) is 0 Å². The molecule has 35 heavy (non-hydrogen) atoms. The van der Waals surface area contributed by atoms with Crippen LogP contribution in [0.1, 0.15) is 12.5 Å². The minimum atomic E-state index is -1.10. The molecule has 176 valence electrons. The van der Waals surface area contributed by atoms with Crippen LogP contribution in [0.15, 0.2) is 96.8 Å². The number of nitrogens with one attached hydrogen (secondary N) is 1. The van der Waals surface area contributed by atoms with Crippen LogP contribution in [0, 0.1) is 0 Å². The molecule has 2 N–H and O–H groups in total. The number of carbonyl (C=O) groups excluding carboxylic acids is 1. The smallest absolute Gasteiger partial charge is 0.371 e. The summed E-state index contributed by atoms with van der Waals surface area (Å²) in [5.41, 5.74) is 4.08. The number of carboxylic acid groups (broad SMARTS) is 1. The van der Waals surface area contributed by atoms with Crippen molar-refractivity contribution < 1.29 is 19.4 Å². The highest BCUT2D eigenvalue weighted by Crippen LogP contribution is 2.26. The maximum Gasteiger partial charge on any atom is 0.371 e. The van der Waals surface area contributed by atoms with Crippen LogP contribution in [-0.2, 0) is 9.53 Å². The van der Waals surface area contributed by atoms with Gasteiger partial charge in [0, 0.05) is 18.4 Å². The predicted octanol–water partition coefficient (Wildman–Crippen LogP) is 6.64. The molecule has 4 aromatic rings. The third-order valence-corrected chi connectivity index (χ3v) is 5.59. The molecular weight excluding hydrogens is 440 g/mol. The number of hydrogen-bond acceptors (Lipinski definition) is 3. The van der Waals surface area contributed by atoms with E-state index < -0.39 is 5.97 Å². The molecule has 0 aromatic heterocycles. The van der Waals surface area contributed by atoms with Crippen molar-refractivity contribution in [2.45, 2.75) is 6.92 Å². The molecule has 4 rings (SSSR count). The van der Waals surface area contributed by atoms with Crippen LogP contribution in [0.5, 0.6) is 0 Å². The molecule has 6 nitrogen and oxygen atoms in total. The number of rotatable bonds is 7. The van der Waals surface area contributed by atoms with Gasteiger partial charge in [-0.1, -0.05) is 66.7 Å². The summed E-state index contributed by atoms with van der Waals surface area (Å²) in [5.74, 6) is -1.20. The number of fused-ring (bicyclic) bond motifs is 1. The maximum atomic E-state index is 12.9.